The van der Waals surface area contributed by atoms with E-state index in [1.54, 1.807) is 35.1 Å². The first-order chi connectivity index (χ1) is 4.79. The van der Waals surface area contributed by atoms with Crippen LogP contribution in [0.5, 0.6) is 0 Å². The summed E-state index contributed by atoms with van der Waals surface area (Å²) in [4.78, 5) is 0. The van der Waals surface area contributed by atoms with Gasteiger partial charge in [-0.05, 0) is 40.0 Å². The predicted octanol–water partition coefficient (Wildman–Crippen LogP) is 3.35. The molecule has 0 unspecified atom stereocenters. The monoisotopic (exact) mass is 255 g/mol. The molecule has 1 aromatic rings. The third-order valence-corrected chi connectivity index (χ3v) is 5.26. The van der Waals surface area contributed by atoms with Crippen molar-refractivity contribution in [3.63, 3.8) is 0 Å². The Morgan fingerprint density at radius 3 is 2.40 bits per heavy atom. The molecule has 0 saturated carbocycles. The van der Waals surface area contributed by atoms with Crippen molar-refractivity contribution in [2.45, 2.75) is 9.24 Å². The quantitative estimate of drug-likeness (QED) is 0.753. The van der Waals surface area contributed by atoms with Gasteiger partial charge >= 0.3 is 0 Å². The van der Waals surface area contributed by atoms with E-state index >= 15 is 0 Å². The Labute approximate surface area is 81.3 Å². The molecule has 0 atom stereocenters. The van der Waals surface area contributed by atoms with Crippen molar-refractivity contribution in [2.24, 2.45) is 0 Å². The maximum atomic E-state index is 4.24. The van der Waals surface area contributed by atoms with Crippen molar-refractivity contribution in [1.82, 2.24) is 4.37 Å². The van der Waals surface area contributed by atoms with Gasteiger partial charge < -0.3 is 0 Å². The van der Waals surface area contributed by atoms with Crippen LogP contribution in [0.15, 0.2) is 13.7 Å². The van der Waals surface area contributed by atoms with Gasteiger partial charge in [0.15, 0.2) is 0 Å². The first-order valence-electron chi connectivity index (χ1n) is 2.52. The minimum atomic E-state index is 1.09. The molecule has 0 aliphatic rings. The minimum absolute atomic E-state index is 1.09. The fourth-order valence-electron chi connectivity index (χ4n) is 0.504. The summed E-state index contributed by atoms with van der Waals surface area (Å²) < 4.78 is 6.65. The molecule has 0 N–H and O–H groups in total. The van der Waals surface area contributed by atoms with E-state index in [2.05, 4.69) is 26.6 Å². The Hall–Kier alpha value is 0.810. The topological polar surface area (TPSA) is 12.9 Å². The van der Waals surface area contributed by atoms with E-state index in [9.17, 15) is 0 Å². The van der Waals surface area contributed by atoms with Crippen LogP contribution in [-0.4, -0.2) is 16.9 Å². The summed E-state index contributed by atoms with van der Waals surface area (Å²) in [5.74, 6) is 0. The zero-order valence-electron chi connectivity index (χ0n) is 5.55. The summed E-state index contributed by atoms with van der Waals surface area (Å²) in [6.45, 7) is 0. The van der Waals surface area contributed by atoms with Gasteiger partial charge in [0, 0.05) is 0 Å². The minimum Gasteiger partial charge on any atom is -0.184 e. The Balaban J connectivity index is 2.97. The summed E-state index contributed by atoms with van der Waals surface area (Å²) in [6.07, 6.45) is 4.09. The van der Waals surface area contributed by atoms with E-state index in [4.69, 9.17) is 0 Å². The first-order valence-corrected chi connectivity index (χ1v) is 6.54. The molecule has 0 aromatic carbocycles. The third kappa shape index (κ3) is 1.69. The molecule has 1 rings (SSSR count). The number of hydrogen-bond acceptors (Lipinski definition) is 4. The molecule has 0 bridgehead atoms. The molecular weight excluding hydrogens is 250 g/mol. The van der Waals surface area contributed by atoms with Crippen LogP contribution < -0.4 is 0 Å². The third-order valence-electron chi connectivity index (χ3n) is 0.957. The van der Waals surface area contributed by atoms with E-state index < -0.39 is 0 Å². The standard InChI is InChI=1S/C5H6BrNS3/c1-8-4-3(6)5(9-2)10-7-4/h1-2H3. The number of halogens is 1. The molecule has 0 aliphatic heterocycles. The van der Waals surface area contributed by atoms with Crippen LogP contribution in [0.3, 0.4) is 0 Å². The van der Waals surface area contributed by atoms with Crippen molar-refractivity contribution in [2.75, 3.05) is 12.5 Å². The van der Waals surface area contributed by atoms with Gasteiger partial charge in [-0.2, -0.15) is 4.37 Å². The molecule has 1 heterocycles. The van der Waals surface area contributed by atoms with E-state index in [-0.39, 0.29) is 0 Å². The van der Waals surface area contributed by atoms with Crippen LogP contribution >= 0.6 is 51.0 Å². The average molecular weight is 256 g/mol. The molecule has 1 nitrogen and oxygen atoms in total. The lowest BCUT2D eigenvalue weighted by Crippen LogP contribution is -1.66. The SMILES string of the molecule is CSc1nsc(SC)c1Br. The molecule has 0 amide bonds. The molecule has 0 saturated heterocycles. The summed E-state index contributed by atoms with van der Waals surface area (Å²) in [7, 11) is 0. The Morgan fingerprint density at radius 2 is 2.10 bits per heavy atom. The van der Waals surface area contributed by atoms with Crippen molar-refractivity contribution >= 4 is 51.0 Å². The molecule has 0 spiro atoms. The molecule has 1 aromatic heterocycles. The maximum absolute atomic E-state index is 4.24. The van der Waals surface area contributed by atoms with E-state index in [0.29, 0.717) is 0 Å². The average Bonchev–Trinajstić information content (AvgIpc) is 2.30. The molecule has 5 heteroatoms. The molecule has 0 fully saturated rings. The highest BCUT2D eigenvalue weighted by atomic mass is 79.9. The van der Waals surface area contributed by atoms with Crippen molar-refractivity contribution in [1.29, 1.82) is 0 Å². The zero-order valence-corrected chi connectivity index (χ0v) is 9.59. The van der Waals surface area contributed by atoms with E-state index in [1.807, 2.05) is 6.26 Å². The molecular formula is C5H6BrNS3. The van der Waals surface area contributed by atoms with Crippen molar-refractivity contribution in [3.8, 4) is 0 Å². The van der Waals surface area contributed by atoms with Crippen LogP contribution in [0.1, 0.15) is 0 Å². The van der Waals surface area contributed by atoms with Gasteiger partial charge in [-0.3, -0.25) is 0 Å². The lowest BCUT2D eigenvalue weighted by molar-refractivity contribution is 1.25. The number of hydrogen-bond donors (Lipinski definition) is 0. The number of nitrogens with zero attached hydrogens (tertiary/aromatic N) is 1. The highest BCUT2D eigenvalue weighted by Crippen LogP contribution is 2.36. The van der Waals surface area contributed by atoms with Gasteiger partial charge in [0.2, 0.25) is 0 Å². The maximum Gasteiger partial charge on any atom is 0.125 e. The highest BCUT2D eigenvalue weighted by molar-refractivity contribution is 9.10. The van der Waals surface area contributed by atoms with Crippen LogP contribution in [0.2, 0.25) is 0 Å². The largest absolute Gasteiger partial charge is 0.184 e. The summed E-state index contributed by atoms with van der Waals surface area (Å²) >= 11 is 8.42. The molecule has 10 heavy (non-hydrogen) atoms. The summed E-state index contributed by atoms with van der Waals surface area (Å²) in [6, 6.07) is 0. The number of thioether (sulfide) groups is 2. The summed E-state index contributed by atoms with van der Waals surface area (Å²) in [5, 5.41) is 1.09. The Morgan fingerprint density at radius 1 is 1.40 bits per heavy atom. The molecule has 0 aliphatic carbocycles. The number of rotatable bonds is 2. The number of aromatic nitrogens is 1. The fourth-order valence-corrected chi connectivity index (χ4v) is 3.84. The second-order valence-electron chi connectivity index (χ2n) is 1.50. The lowest BCUT2D eigenvalue weighted by atomic mass is 10.8. The van der Waals surface area contributed by atoms with Crippen molar-refractivity contribution < 1.29 is 0 Å². The van der Waals surface area contributed by atoms with Gasteiger partial charge in [0.25, 0.3) is 0 Å². The lowest BCUT2D eigenvalue weighted by Gasteiger charge is -1.89. The van der Waals surface area contributed by atoms with Crippen LogP contribution in [0.25, 0.3) is 0 Å². The smallest absolute Gasteiger partial charge is 0.125 e. The van der Waals surface area contributed by atoms with Gasteiger partial charge in [-0.15, -0.1) is 23.5 Å². The van der Waals surface area contributed by atoms with Crippen molar-refractivity contribution in [3.05, 3.63) is 4.47 Å². The highest BCUT2D eigenvalue weighted by Gasteiger charge is 2.07. The van der Waals surface area contributed by atoms with Crippen LogP contribution in [0, 0.1) is 0 Å². The van der Waals surface area contributed by atoms with Gasteiger partial charge in [0.1, 0.15) is 5.03 Å². The van der Waals surface area contributed by atoms with Gasteiger partial charge in [-0.1, -0.05) is 0 Å². The van der Waals surface area contributed by atoms with Crippen LogP contribution in [0.4, 0.5) is 0 Å². The molecule has 0 radical (unpaired) electrons. The van der Waals surface area contributed by atoms with E-state index in [1.165, 1.54) is 4.21 Å². The Bertz CT molecular complexity index is 201. The molecule has 56 valence electrons. The Kier molecular flexibility index (Phi) is 3.55. The van der Waals surface area contributed by atoms with Crippen LogP contribution in [-0.2, 0) is 0 Å². The predicted molar refractivity (Wildman–Crippen MR) is 53.4 cm³/mol. The van der Waals surface area contributed by atoms with E-state index in [0.717, 1.165) is 9.50 Å². The first kappa shape index (κ1) is 8.90. The summed E-state index contributed by atoms with van der Waals surface area (Å²) in [5.41, 5.74) is 0. The van der Waals surface area contributed by atoms with Gasteiger partial charge in [0.05, 0.1) is 8.68 Å². The second-order valence-corrected chi connectivity index (χ2v) is 4.93. The normalized spacial score (nSPS) is 10.3. The zero-order chi connectivity index (χ0) is 7.56. The van der Waals surface area contributed by atoms with Gasteiger partial charge in [-0.25, -0.2) is 0 Å². The fraction of sp³-hybridized carbons (Fsp3) is 0.400. The second kappa shape index (κ2) is 3.99.